The highest BCUT2D eigenvalue weighted by atomic mass is 35.5. The molecule has 3 aromatic rings. The second-order valence-corrected chi connectivity index (χ2v) is 9.09. The molecule has 4 nitrogen and oxygen atoms in total. The minimum atomic E-state index is -0.938. The standard InChI is InChI=1S/C22H20Cl2N2O2S/c1-14-19(29-20(25-14)17-4-2-3-5-18(17)24)21(27)26-12-10-22(28,11-13-26)15-6-8-16(23)9-7-15/h2-9,28H,10-13H2,1H3. The molecule has 0 saturated carbocycles. The maximum Gasteiger partial charge on any atom is 0.265 e. The van der Waals surface area contributed by atoms with Gasteiger partial charge in [-0.1, -0.05) is 53.5 Å². The monoisotopic (exact) mass is 446 g/mol. The molecule has 2 aromatic carbocycles. The van der Waals surface area contributed by atoms with Crippen LogP contribution in [0.4, 0.5) is 0 Å². The molecule has 0 spiro atoms. The lowest BCUT2D eigenvalue weighted by atomic mass is 9.84. The highest BCUT2D eigenvalue weighted by molar-refractivity contribution is 7.17. The van der Waals surface area contributed by atoms with E-state index >= 15 is 0 Å². The van der Waals surface area contributed by atoms with Crippen LogP contribution in [-0.4, -0.2) is 34.0 Å². The highest BCUT2D eigenvalue weighted by Gasteiger charge is 2.36. The van der Waals surface area contributed by atoms with Crippen molar-refractivity contribution in [2.45, 2.75) is 25.4 Å². The Labute approximate surface area is 183 Å². The van der Waals surface area contributed by atoms with Gasteiger partial charge in [0.25, 0.3) is 5.91 Å². The molecule has 7 heteroatoms. The molecule has 4 rings (SSSR count). The third-order valence-electron chi connectivity index (χ3n) is 5.35. The van der Waals surface area contributed by atoms with Crippen molar-refractivity contribution in [1.82, 2.24) is 9.88 Å². The number of carbonyl (C=O) groups is 1. The molecule has 0 radical (unpaired) electrons. The molecule has 150 valence electrons. The normalized spacial score (nSPS) is 16.1. The molecule has 1 aromatic heterocycles. The van der Waals surface area contributed by atoms with Gasteiger partial charge in [-0.05, 0) is 43.5 Å². The largest absolute Gasteiger partial charge is 0.385 e. The van der Waals surface area contributed by atoms with Gasteiger partial charge in [0, 0.05) is 23.7 Å². The number of nitrogens with zero attached hydrogens (tertiary/aromatic N) is 2. The van der Waals surface area contributed by atoms with Crippen LogP contribution in [0.1, 0.15) is 33.8 Å². The van der Waals surface area contributed by atoms with Crippen LogP contribution in [0.3, 0.4) is 0 Å². The summed E-state index contributed by atoms with van der Waals surface area (Å²) in [5.41, 5.74) is 1.43. The quantitative estimate of drug-likeness (QED) is 0.573. The Morgan fingerprint density at radius 1 is 1.10 bits per heavy atom. The third kappa shape index (κ3) is 4.05. The van der Waals surface area contributed by atoms with Gasteiger partial charge in [-0.2, -0.15) is 0 Å². The van der Waals surface area contributed by atoms with E-state index in [2.05, 4.69) is 4.98 Å². The van der Waals surface area contributed by atoms with Gasteiger partial charge in [0.15, 0.2) is 0 Å². The Hall–Kier alpha value is -1.92. The van der Waals surface area contributed by atoms with Crippen molar-refractivity contribution < 1.29 is 9.90 Å². The summed E-state index contributed by atoms with van der Waals surface area (Å²) in [6, 6.07) is 14.8. The van der Waals surface area contributed by atoms with Crippen LogP contribution in [0.15, 0.2) is 48.5 Å². The van der Waals surface area contributed by atoms with E-state index in [1.807, 2.05) is 43.3 Å². The smallest absolute Gasteiger partial charge is 0.265 e. The minimum absolute atomic E-state index is 0.0449. The number of halogens is 2. The van der Waals surface area contributed by atoms with E-state index in [9.17, 15) is 9.90 Å². The van der Waals surface area contributed by atoms with Crippen molar-refractivity contribution in [3.63, 3.8) is 0 Å². The number of thiazole rings is 1. The number of rotatable bonds is 3. The summed E-state index contributed by atoms with van der Waals surface area (Å²) in [6.07, 6.45) is 0.963. The lowest BCUT2D eigenvalue weighted by Gasteiger charge is -2.38. The Bertz CT molecular complexity index is 1040. The molecule has 0 bridgehead atoms. The Balaban J connectivity index is 1.50. The first kappa shape index (κ1) is 20.4. The molecule has 0 atom stereocenters. The number of hydrogen-bond donors (Lipinski definition) is 1. The highest BCUT2D eigenvalue weighted by Crippen LogP contribution is 2.36. The Kier molecular flexibility index (Phi) is 5.67. The van der Waals surface area contributed by atoms with Crippen molar-refractivity contribution in [2.75, 3.05) is 13.1 Å². The van der Waals surface area contributed by atoms with Gasteiger partial charge in [-0.15, -0.1) is 11.3 Å². The molecule has 1 aliphatic heterocycles. The Morgan fingerprint density at radius 2 is 1.76 bits per heavy atom. The summed E-state index contributed by atoms with van der Waals surface area (Å²) in [4.78, 5) is 20.1. The molecule has 0 aliphatic carbocycles. The van der Waals surface area contributed by atoms with Gasteiger partial charge < -0.3 is 10.0 Å². The summed E-state index contributed by atoms with van der Waals surface area (Å²) in [5, 5.41) is 13.0. The zero-order chi connectivity index (χ0) is 20.6. The van der Waals surface area contributed by atoms with Crippen molar-refractivity contribution in [3.8, 4) is 10.6 Å². The predicted octanol–water partition coefficient (Wildman–Crippen LogP) is 5.55. The van der Waals surface area contributed by atoms with Gasteiger partial charge in [0.2, 0.25) is 0 Å². The van der Waals surface area contributed by atoms with Gasteiger partial charge in [0.1, 0.15) is 9.88 Å². The molecule has 1 amide bonds. The number of likely N-dealkylation sites (tertiary alicyclic amines) is 1. The van der Waals surface area contributed by atoms with Crippen molar-refractivity contribution in [3.05, 3.63) is 74.7 Å². The maximum absolute atomic E-state index is 13.1. The molecule has 1 aliphatic rings. The van der Waals surface area contributed by atoms with Crippen molar-refractivity contribution >= 4 is 40.4 Å². The second-order valence-electron chi connectivity index (χ2n) is 7.24. The molecule has 1 saturated heterocycles. The number of aliphatic hydroxyl groups is 1. The van der Waals surface area contributed by atoms with E-state index in [-0.39, 0.29) is 5.91 Å². The van der Waals surface area contributed by atoms with Crippen LogP contribution in [-0.2, 0) is 5.60 Å². The number of aryl methyl sites for hydroxylation is 1. The van der Waals surface area contributed by atoms with Crippen LogP contribution in [0, 0.1) is 6.92 Å². The number of amides is 1. The Morgan fingerprint density at radius 3 is 2.41 bits per heavy atom. The average Bonchev–Trinajstić information content (AvgIpc) is 3.10. The molecule has 2 heterocycles. The lowest BCUT2D eigenvalue weighted by Crippen LogP contribution is -2.45. The number of aromatic nitrogens is 1. The van der Waals surface area contributed by atoms with E-state index in [0.29, 0.717) is 46.5 Å². The maximum atomic E-state index is 13.1. The van der Waals surface area contributed by atoms with Crippen LogP contribution in [0.25, 0.3) is 10.6 Å². The summed E-state index contributed by atoms with van der Waals surface area (Å²) >= 11 is 13.6. The number of benzene rings is 2. The molecular weight excluding hydrogens is 427 g/mol. The first-order valence-corrected chi connectivity index (χ1v) is 10.9. The van der Waals surface area contributed by atoms with Gasteiger partial charge in [-0.25, -0.2) is 4.98 Å². The summed E-state index contributed by atoms with van der Waals surface area (Å²) < 4.78 is 0. The van der Waals surface area contributed by atoms with E-state index < -0.39 is 5.60 Å². The minimum Gasteiger partial charge on any atom is -0.385 e. The summed E-state index contributed by atoms with van der Waals surface area (Å²) in [7, 11) is 0. The van der Waals surface area contributed by atoms with Crippen LogP contribution >= 0.6 is 34.5 Å². The molecule has 0 unspecified atom stereocenters. The summed E-state index contributed by atoms with van der Waals surface area (Å²) in [5.74, 6) is -0.0449. The van der Waals surface area contributed by atoms with Gasteiger partial charge in [0.05, 0.1) is 16.3 Å². The fourth-order valence-electron chi connectivity index (χ4n) is 3.62. The molecule has 1 fully saturated rings. The SMILES string of the molecule is Cc1nc(-c2ccccc2Cl)sc1C(=O)N1CCC(O)(c2ccc(Cl)cc2)CC1. The topological polar surface area (TPSA) is 53.4 Å². The van der Waals surface area contributed by atoms with Crippen molar-refractivity contribution in [1.29, 1.82) is 0 Å². The fraction of sp³-hybridized carbons (Fsp3) is 0.273. The van der Waals surface area contributed by atoms with E-state index in [1.54, 1.807) is 17.0 Å². The van der Waals surface area contributed by atoms with E-state index in [1.165, 1.54) is 11.3 Å². The van der Waals surface area contributed by atoms with E-state index in [4.69, 9.17) is 23.2 Å². The number of piperidine rings is 1. The third-order valence-corrected chi connectivity index (χ3v) is 7.11. The molecular formula is C22H20Cl2N2O2S. The zero-order valence-electron chi connectivity index (χ0n) is 15.9. The second kappa shape index (κ2) is 8.07. The first-order valence-electron chi connectivity index (χ1n) is 9.37. The summed E-state index contributed by atoms with van der Waals surface area (Å²) in [6.45, 7) is 2.81. The van der Waals surface area contributed by atoms with Crippen molar-refractivity contribution in [2.24, 2.45) is 0 Å². The van der Waals surface area contributed by atoms with E-state index in [0.717, 1.165) is 16.1 Å². The number of carbonyl (C=O) groups excluding carboxylic acids is 1. The fourth-order valence-corrected chi connectivity index (χ4v) is 5.10. The predicted molar refractivity (Wildman–Crippen MR) is 118 cm³/mol. The van der Waals surface area contributed by atoms with Gasteiger partial charge >= 0.3 is 0 Å². The molecule has 29 heavy (non-hydrogen) atoms. The van der Waals surface area contributed by atoms with Crippen LogP contribution < -0.4 is 0 Å². The average molecular weight is 447 g/mol. The lowest BCUT2D eigenvalue weighted by molar-refractivity contribution is -0.0210. The number of hydrogen-bond acceptors (Lipinski definition) is 4. The van der Waals surface area contributed by atoms with Crippen LogP contribution in [0.5, 0.6) is 0 Å². The zero-order valence-corrected chi connectivity index (χ0v) is 18.2. The first-order chi connectivity index (χ1) is 13.9. The van der Waals surface area contributed by atoms with Crippen LogP contribution in [0.2, 0.25) is 10.0 Å². The van der Waals surface area contributed by atoms with Gasteiger partial charge in [-0.3, -0.25) is 4.79 Å². The molecule has 1 N–H and O–H groups in total.